The van der Waals surface area contributed by atoms with Crippen molar-refractivity contribution in [2.45, 2.75) is 6.42 Å². The normalized spacial score (nSPS) is 10.5. The summed E-state index contributed by atoms with van der Waals surface area (Å²) in [4.78, 5) is 12.3. The molecule has 1 heterocycles. The Morgan fingerprint density at radius 1 is 1.17 bits per heavy atom. The lowest BCUT2D eigenvalue weighted by molar-refractivity contribution is -0.115. The van der Waals surface area contributed by atoms with Gasteiger partial charge in [0.1, 0.15) is 11.5 Å². The molecule has 1 amide bonds. The zero-order valence-electron chi connectivity index (χ0n) is 12.9. The number of carbonyl (C=O) groups excluding carboxylic acids is 1. The molecule has 3 aromatic rings. The fourth-order valence-corrected chi connectivity index (χ4v) is 2.42. The predicted molar refractivity (Wildman–Crippen MR) is 88.0 cm³/mol. The second-order valence-electron chi connectivity index (χ2n) is 5.07. The molecule has 0 saturated carbocycles. The van der Waals surface area contributed by atoms with Crippen LogP contribution in [-0.2, 0) is 11.2 Å². The van der Waals surface area contributed by atoms with Gasteiger partial charge >= 0.3 is 0 Å². The number of H-pyrrole nitrogens is 1. The molecular formula is C17H17N3O3. The van der Waals surface area contributed by atoms with Gasteiger partial charge in [-0.05, 0) is 36.4 Å². The number of ether oxygens (including phenoxy) is 2. The van der Waals surface area contributed by atoms with Crippen LogP contribution < -0.4 is 14.8 Å². The highest BCUT2D eigenvalue weighted by Gasteiger charge is 2.11. The Hall–Kier alpha value is -3.02. The number of hydrogen-bond donors (Lipinski definition) is 2. The maximum absolute atomic E-state index is 12.3. The molecule has 6 heteroatoms. The number of methoxy groups -OCH3 is 2. The number of benzene rings is 2. The molecule has 0 bridgehead atoms. The number of nitrogens with one attached hydrogen (secondary N) is 2. The van der Waals surface area contributed by atoms with Crippen molar-refractivity contribution >= 4 is 22.5 Å². The lowest BCUT2D eigenvalue weighted by Crippen LogP contribution is -2.15. The molecular weight excluding hydrogens is 294 g/mol. The molecule has 0 unspecified atom stereocenters. The molecule has 118 valence electrons. The highest BCUT2D eigenvalue weighted by atomic mass is 16.5. The first kappa shape index (κ1) is 14.9. The van der Waals surface area contributed by atoms with E-state index in [0.29, 0.717) is 11.5 Å². The fraction of sp³-hybridized carbons (Fsp3) is 0.176. The average Bonchev–Trinajstić information content (AvgIpc) is 3.02. The van der Waals surface area contributed by atoms with Crippen molar-refractivity contribution in [3.63, 3.8) is 0 Å². The summed E-state index contributed by atoms with van der Waals surface area (Å²) in [5.74, 6) is 1.22. The molecule has 0 atom stereocenters. The Labute approximate surface area is 133 Å². The van der Waals surface area contributed by atoms with Gasteiger partial charge in [0, 0.05) is 16.6 Å². The number of anilines is 1. The Morgan fingerprint density at radius 3 is 2.83 bits per heavy atom. The standard InChI is InChI=1S/C17H17N3O3/c1-22-14-4-6-16(23-2)11(8-14)9-17(21)19-13-3-5-15-12(7-13)10-18-20-15/h3-8,10H,9H2,1-2H3,(H,18,20)(H,19,21). The van der Waals surface area contributed by atoms with Gasteiger partial charge in [0.15, 0.2) is 0 Å². The predicted octanol–water partition coefficient (Wildman–Crippen LogP) is 2.76. The molecule has 2 N–H and O–H groups in total. The molecule has 23 heavy (non-hydrogen) atoms. The zero-order valence-corrected chi connectivity index (χ0v) is 12.9. The minimum absolute atomic E-state index is 0.126. The maximum atomic E-state index is 12.3. The summed E-state index contributed by atoms with van der Waals surface area (Å²) < 4.78 is 10.5. The number of nitrogens with zero attached hydrogens (tertiary/aromatic N) is 1. The van der Waals surface area contributed by atoms with E-state index >= 15 is 0 Å². The molecule has 0 spiro atoms. The Bertz CT molecular complexity index is 842. The Balaban J connectivity index is 1.76. The molecule has 0 aliphatic rings. The second-order valence-corrected chi connectivity index (χ2v) is 5.07. The van der Waals surface area contributed by atoms with E-state index in [1.54, 1.807) is 38.6 Å². The molecule has 0 saturated heterocycles. The monoisotopic (exact) mass is 311 g/mol. The van der Waals surface area contributed by atoms with Crippen LogP contribution in [0.2, 0.25) is 0 Å². The minimum atomic E-state index is -0.126. The fourth-order valence-electron chi connectivity index (χ4n) is 2.42. The number of carbonyl (C=O) groups is 1. The molecule has 0 aliphatic carbocycles. The quantitative estimate of drug-likeness (QED) is 0.759. The molecule has 0 radical (unpaired) electrons. The maximum Gasteiger partial charge on any atom is 0.228 e. The van der Waals surface area contributed by atoms with E-state index in [1.165, 1.54) is 0 Å². The van der Waals surface area contributed by atoms with Crippen LogP contribution in [0, 0.1) is 0 Å². The molecule has 2 aromatic carbocycles. The van der Waals surface area contributed by atoms with Crippen LogP contribution in [0.25, 0.3) is 10.9 Å². The highest BCUT2D eigenvalue weighted by molar-refractivity contribution is 5.95. The van der Waals surface area contributed by atoms with Crippen molar-refractivity contribution in [1.82, 2.24) is 10.2 Å². The third kappa shape index (κ3) is 3.26. The van der Waals surface area contributed by atoms with Crippen LogP contribution in [0.1, 0.15) is 5.56 Å². The SMILES string of the molecule is COc1ccc(OC)c(CC(=O)Nc2ccc3[nH]ncc3c2)c1. The van der Waals surface area contributed by atoms with Gasteiger partial charge in [-0.1, -0.05) is 0 Å². The van der Waals surface area contributed by atoms with Gasteiger partial charge in [0.2, 0.25) is 5.91 Å². The summed E-state index contributed by atoms with van der Waals surface area (Å²) >= 11 is 0. The zero-order chi connectivity index (χ0) is 16.2. The van der Waals surface area contributed by atoms with E-state index in [0.717, 1.165) is 22.2 Å². The third-order valence-corrected chi connectivity index (χ3v) is 3.56. The van der Waals surface area contributed by atoms with Crippen LogP contribution >= 0.6 is 0 Å². The third-order valence-electron chi connectivity index (χ3n) is 3.56. The lowest BCUT2D eigenvalue weighted by Gasteiger charge is -2.11. The molecule has 3 rings (SSSR count). The van der Waals surface area contributed by atoms with Crippen LogP contribution in [-0.4, -0.2) is 30.3 Å². The van der Waals surface area contributed by atoms with Gasteiger partial charge in [0.25, 0.3) is 0 Å². The summed E-state index contributed by atoms with van der Waals surface area (Å²) in [5.41, 5.74) is 2.43. The van der Waals surface area contributed by atoms with Gasteiger partial charge in [-0.25, -0.2) is 0 Å². The average molecular weight is 311 g/mol. The van der Waals surface area contributed by atoms with E-state index < -0.39 is 0 Å². The molecule has 0 aliphatic heterocycles. The van der Waals surface area contributed by atoms with Gasteiger partial charge < -0.3 is 14.8 Å². The first-order chi connectivity index (χ1) is 11.2. The largest absolute Gasteiger partial charge is 0.497 e. The summed E-state index contributed by atoms with van der Waals surface area (Å²) in [6.07, 6.45) is 1.92. The number of amides is 1. The van der Waals surface area contributed by atoms with Crippen LogP contribution in [0.4, 0.5) is 5.69 Å². The van der Waals surface area contributed by atoms with Gasteiger partial charge in [-0.3, -0.25) is 9.89 Å². The Kier molecular flexibility index (Phi) is 4.14. The lowest BCUT2D eigenvalue weighted by atomic mass is 10.1. The summed E-state index contributed by atoms with van der Waals surface area (Å²) in [6.45, 7) is 0. The van der Waals surface area contributed by atoms with E-state index in [4.69, 9.17) is 9.47 Å². The summed E-state index contributed by atoms with van der Waals surface area (Å²) in [6, 6.07) is 11.0. The van der Waals surface area contributed by atoms with Crippen LogP contribution in [0.5, 0.6) is 11.5 Å². The van der Waals surface area contributed by atoms with E-state index in [2.05, 4.69) is 15.5 Å². The van der Waals surface area contributed by atoms with Crippen molar-refractivity contribution in [1.29, 1.82) is 0 Å². The van der Waals surface area contributed by atoms with E-state index in [1.807, 2.05) is 18.2 Å². The molecule has 6 nitrogen and oxygen atoms in total. The smallest absolute Gasteiger partial charge is 0.228 e. The van der Waals surface area contributed by atoms with E-state index in [9.17, 15) is 4.79 Å². The van der Waals surface area contributed by atoms with Crippen LogP contribution in [0.15, 0.2) is 42.6 Å². The van der Waals surface area contributed by atoms with Crippen molar-refractivity contribution in [3.8, 4) is 11.5 Å². The van der Waals surface area contributed by atoms with Crippen molar-refractivity contribution in [2.75, 3.05) is 19.5 Å². The number of aromatic amines is 1. The molecule has 0 fully saturated rings. The van der Waals surface area contributed by atoms with Gasteiger partial charge in [-0.15, -0.1) is 0 Å². The van der Waals surface area contributed by atoms with Crippen molar-refractivity contribution < 1.29 is 14.3 Å². The highest BCUT2D eigenvalue weighted by Crippen LogP contribution is 2.25. The number of rotatable bonds is 5. The second kappa shape index (κ2) is 6.39. The van der Waals surface area contributed by atoms with Crippen molar-refractivity contribution in [2.24, 2.45) is 0 Å². The Morgan fingerprint density at radius 2 is 2.04 bits per heavy atom. The minimum Gasteiger partial charge on any atom is -0.497 e. The van der Waals surface area contributed by atoms with Crippen LogP contribution in [0.3, 0.4) is 0 Å². The van der Waals surface area contributed by atoms with Gasteiger partial charge in [-0.2, -0.15) is 5.10 Å². The van der Waals surface area contributed by atoms with E-state index in [-0.39, 0.29) is 12.3 Å². The summed E-state index contributed by atoms with van der Waals surface area (Å²) in [7, 11) is 3.17. The number of hydrogen-bond acceptors (Lipinski definition) is 4. The first-order valence-electron chi connectivity index (χ1n) is 7.13. The summed E-state index contributed by atoms with van der Waals surface area (Å²) in [5, 5.41) is 10.7. The topological polar surface area (TPSA) is 76.2 Å². The molecule has 1 aromatic heterocycles. The van der Waals surface area contributed by atoms with Gasteiger partial charge in [0.05, 0.1) is 32.4 Å². The number of fused-ring (bicyclic) bond motifs is 1. The number of aromatic nitrogens is 2. The first-order valence-corrected chi connectivity index (χ1v) is 7.13. The van der Waals surface area contributed by atoms with Crippen molar-refractivity contribution in [3.05, 3.63) is 48.2 Å².